The molecule has 4 nitrogen and oxygen atoms in total. The Hall–Kier alpha value is -3.92. The fourth-order valence-corrected chi connectivity index (χ4v) is 4.36. The zero-order valence-corrected chi connectivity index (χ0v) is 16.6. The van der Waals surface area contributed by atoms with Crippen LogP contribution in [0, 0.1) is 0 Å². The van der Waals surface area contributed by atoms with E-state index in [1.54, 1.807) is 18.2 Å². The summed E-state index contributed by atoms with van der Waals surface area (Å²) < 4.78 is 10.0. The Morgan fingerprint density at radius 1 is 0.600 bits per heavy atom. The third-order valence-electron chi connectivity index (χ3n) is 5.67. The van der Waals surface area contributed by atoms with Crippen molar-refractivity contribution in [3.63, 3.8) is 0 Å². The highest BCUT2D eigenvalue weighted by Gasteiger charge is 2.23. The lowest BCUT2D eigenvalue weighted by molar-refractivity contribution is 0.0601. The van der Waals surface area contributed by atoms with E-state index in [2.05, 4.69) is 36.4 Å². The zero-order chi connectivity index (χ0) is 20.8. The number of benzene rings is 5. The summed E-state index contributed by atoms with van der Waals surface area (Å²) in [5, 5.41) is 6.66. The van der Waals surface area contributed by atoms with E-state index >= 15 is 0 Å². The molecule has 0 amide bonds. The summed E-state index contributed by atoms with van der Waals surface area (Å²) in [5.74, 6) is -0.997. The van der Waals surface area contributed by atoms with Gasteiger partial charge in [0.25, 0.3) is 0 Å². The molecule has 30 heavy (non-hydrogen) atoms. The van der Waals surface area contributed by atoms with Gasteiger partial charge in [0, 0.05) is 5.56 Å². The largest absolute Gasteiger partial charge is 0.465 e. The molecule has 0 unspecified atom stereocenters. The maximum absolute atomic E-state index is 12.6. The highest BCUT2D eigenvalue weighted by atomic mass is 16.5. The molecule has 0 aromatic heterocycles. The van der Waals surface area contributed by atoms with Gasteiger partial charge in [-0.2, -0.15) is 0 Å². The molecular formula is C26H18O4. The minimum absolute atomic E-state index is 0.329. The summed E-state index contributed by atoms with van der Waals surface area (Å²) in [5.41, 5.74) is 1.97. The number of ether oxygens (including phenoxy) is 2. The van der Waals surface area contributed by atoms with Crippen molar-refractivity contribution in [1.29, 1.82) is 0 Å². The molecule has 0 N–H and O–H groups in total. The first-order valence-electron chi connectivity index (χ1n) is 9.60. The summed E-state index contributed by atoms with van der Waals surface area (Å²) >= 11 is 0. The molecule has 0 spiro atoms. The highest BCUT2D eigenvalue weighted by molar-refractivity contribution is 6.26. The number of carbonyl (C=O) groups excluding carboxylic acids is 2. The van der Waals surface area contributed by atoms with Crippen LogP contribution in [-0.4, -0.2) is 26.2 Å². The standard InChI is InChI=1S/C26H18O4/c1-29-25(27)20-7-4-8-21(26(28)30-2)24(20)19-14-12-17-10-9-15-5-3-6-16-11-13-18(19)23(17)22(15)16/h3-14H,1-2H3. The third kappa shape index (κ3) is 2.54. The van der Waals surface area contributed by atoms with Gasteiger partial charge in [0.1, 0.15) is 0 Å². The SMILES string of the molecule is COC(=O)c1cccc(C(=O)OC)c1-c1ccc2ccc3cccc4ccc1c2c34. The molecule has 5 rings (SSSR count). The monoisotopic (exact) mass is 394 g/mol. The summed E-state index contributed by atoms with van der Waals surface area (Å²) in [6.45, 7) is 0. The average molecular weight is 394 g/mol. The number of carbonyl (C=O) groups is 2. The Kier molecular flexibility index (Phi) is 4.14. The molecule has 0 heterocycles. The smallest absolute Gasteiger partial charge is 0.338 e. The van der Waals surface area contributed by atoms with Crippen LogP contribution in [0.4, 0.5) is 0 Å². The number of methoxy groups -OCH3 is 2. The second-order valence-corrected chi connectivity index (χ2v) is 7.18. The van der Waals surface area contributed by atoms with Crippen LogP contribution < -0.4 is 0 Å². The van der Waals surface area contributed by atoms with E-state index in [0.717, 1.165) is 32.5 Å². The van der Waals surface area contributed by atoms with Crippen LogP contribution in [0.1, 0.15) is 20.7 Å². The second-order valence-electron chi connectivity index (χ2n) is 7.18. The molecule has 0 saturated carbocycles. The lowest BCUT2D eigenvalue weighted by atomic mass is 9.86. The molecule has 0 bridgehead atoms. The topological polar surface area (TPSA) is 52.6 Å². The van der Waals surface area contributed by atoms with E-state index in [1.807, 2.05) is 18.2 Å². The van der Waals surface area contributed by atoms with E-state index in [0.29, 0.717) is 16.7 Å². The van der Waals surface area contributed by atoms with Crippen molar-refractivity contribution < 1.29 is 19.1 Å². The van der Waals surface area contributed by atoms with Gasteiger partial charge in [0.05, 0.1) is 25.3 Å². The van der Waals surface area contributed by atoms with Crippen LogP contribution in [0.25, 0.3) is 43.4 Å². The normalized spacial score (nSPS) is 11.3. The summed E-state index contributed by atoms with van der Waals surface area (Å²) in [6.07, 6.45) is 0. The van der Waals surface area contributed by atoms with Gasteiger partial charge >= 0.3 is 11.9 Å². The van der Waals surface area contributed by atoms with Crippen LogP contribution in [0.3, 0.4) is 0 Å². The van der Waals surface area contributed by atoms with Crippen molar-refractivity contribution in [2.24, 2.45) is 0 Å². The molecule has 4 heteroatoms. The van der Waals surface area contributed by atoms with Gasteiger partial charge in [-0.05, 0) is 50.0 Å². The lowest BCUT2D eigenvalue weighted by Gasteiger charge is -2.17. The summed E-state index contributed by atoms with van der Waals surface area (Å²) in [4.78, 5) is 25.1. The van der Waals surface area contributed by atoms with E-state index in [4.69, 9.17) is 9.47 Å². The van der Waals surface area contributed by atoms with Gasteiger partial charge in [0.2, 0.25) is 0 Å². The van der Waals surface area contributed by atoms with Crippen molar-refractivity contribution in [3.8, 4) is 11.1 Å². The maximum Gasteiger partial charge on any atom is 0.338 e. The Bertz CT molecular complexity index is 1400. The van der Waals surface area contributed by atoms with Crippen molar-refractivity contribution in [3.05, 3.63) is 83.9 Å². The minimum atomic E-state index is -0.499. The maximum atomic E-state index is 12.6. The van der Waals surface area contributed by atoms with Crippen molar-refractivity contribution in [2.75, 3.05) is 14.2 Å². The number of rotatable bonds is 3. The molecule has 146 valence electrons. The van der Waals surface area contributed by atoms with Crippen LogP contribution in [0.15, 0.2) is 72.8 Å². The lowest BCUT2D eigenvalue weighted by Crippen LogP contribution is -2.10. The molecule has 0 aliphatic rings. The molecule has 0 aliphatic carbocycles. The van der Waals surface area contributed by atoms with Crippen molar-refractivity contribution in [1.82, 2.24) is 0 Å². The number of hydrogen-bond donors (Lipinski definition) is 0. The zero-order valence-electron chi connectivity index (χ0n) is 16.6. The third-order valence-corrected chi connectivity index (χ3v) is 5.67. The van der Waals surface area contributed by atoms with Crippen LogP contribution in [0.2, 0.25) is 0 Å². The van der Waals surface area contributed by atoms with E-state index in [1.165, 1.54) is 19.6 Å². The quantitative estimate of drug-likeness (QED) is 0.286. The fraction of sp³-hybridized carbons (Fsp3) is 0.0769. The molecule has 0 radical (unpaired) electrons. The molecule has 5 aromatic rings. The predicted octanol–water partition coefficient (Wildman–Crippen LogP) is 5.82. The van der Waals surface area contributed by atoms with Crippen molar-refractivity contribution >= 4 is 44.3 Å². The Labute approximate surface area is 173 Å². The van der Waals surface area contributed by atoms with Gasteiger partial charge < -0.3 is 9.47 Å². The molecule has 0 saturated heterocycles. The van der Waals surface area contributed by atoms with Crippen LogP contribution in [-0.2, 0) is 9.47 Å². The van der Waals surface area contributed by atoms with Gasteiger partial charge in [0.15, 0.2) is 0 Å². The predicted molar refractivity (Wildman–Crippen MR) is 118 cm³/mol. The number of hydrogen-bond acceptors (Lipinski definition) is 4. The molecule has 0 aliphatic heterocycles. The summed E-state index contributed by atoms with van der Waals surface area (Å²) in [6, 6.07) is 23.6. The molecule has 0 fully saturated rings. The molecule has 0 atom stereocenters. The first kappa shape index (κ1) is 18.1. The molecule has 5 aromatic carbocycles. The van der Waals surface area contributed by atoms with Crippen molar-refractivity contribution in [2.45, 2.75) is 0 Å². The minimum Gasteiger partial charge on any atom is -0.465 e. The summed E-state index contributed by atoms with van der Waals surface area (Å²) in [7, 11) is 2.67. The van der Waals surface area contributed by atoms with E-state index < -0.39 is 11.9 Å². The first-order valence-corrected chi connectivity index (χ1v) is 9.60. The van der Waals surface area contributed by atoms with Gasteiger partial charge in [-0.1, -0.05) is 60.7 Å². The van der Waals surface area contributed by atoms with E-state index in [9.17, 15) is 9.59 Å². The average Bonchev–Trinajstić information content (AvgIpc) is 2.81. The highest BCUT2D eigenvalue weighted by Crippen LogP contribution is 2.41. The van der Waals surface area contributed by atoms with Crippen LogP contribution in [0.5, 0.6) is 0 Å². The fourth-order valence-electron chi connectivity index (χ4n) is 4.36. The number of esters is 2. The first-order chi connectivity index (χ1) is 14.6. The van der Waals surface area contributed by atoms with E-state index in [-0.39, 0.29) is 0 Å². The second kappa shape index (κ2) is 6.85. The van der Waals surface area contributed by atoms with Crippen LogP contribution >= 0.6 is 0 Å². The Balaban J connectivity index is 1.95. The Morgan fingerprint density at radius 3 is 1.70 bits per heavy atom. The molecular weight excluding hydrogens is 376 g/mol. The Morgan fingerprint density at radius 2 is 1.10 bits per heavy atom. The van der Waals surface area contributed by atoms with Gasteiger partial charge in [-0.3, -0.25) is 0 Å². The van der Waals surface area contributed by atoms with Gasteiger partial charge in [-0.25, -0.2) is 9.59 Å². The van der Waals surface area contributed by atoms with Gasteiger partial charge in [-0.15, -0.1) is 0 Å².